The highest BCUT2D eigenvalue weighted by Gasteiger charge is 2.29. The maximum absolute atomic E-state index is 6.07. The number of benzene rings is 1. The van der Waals surface area contributed by atoms with Gasteiger partial charge in [0.2, 0.25) is 0 Å². The summed E-state index contributed by atoms with van der Waals surface area (Å²) in [5, 5.41) is 3.78. The number of ether oxygens (including phenoxy) is 2. The molecule has 128 valence electrons. The number of hydrogen-bond donors (Lipinski definition) is 1. The molecule has 0 saturated carbocycles. The Labute approximate surface area is 144 Å². The lowest BCUT2D eigenvalue weighted by atomic mass is 9.95. The normalized spacial score (nSPS) is 22.2. The number of nitrogens with zero attached hydrogens (tertiary/aromatic N) is 1. The monoisotopic (exact) mass is 326 g/mol. The van der Waals surface area contributed by atoms with E-state index < -0.39 is 0 Å². The topological polar surface area (TPSA) is 43.4 Å². The Morgan fingerprint density at radius 1 is 1.21 bits per heavy atom. The van der Waals surface area contributed by atoms with Gasteiger partial charge in [0.25, 0.3) is 0 Å². The van der Waals surface area contributed by atoms with Gasteiger partial charge in [-0.05, 0) is 42.5 Å². The van der Waals surface area contributed by atoms with Crippen LogP contribution in [0.2, 0.25) is 0 Å². The summed E-state index contributed by atoms with van der Waals surface area (Å²) in [4.78, 5) is 4.12. The van der Waals surface area contributed by atoms with Crippen LogP contribution < -0.4 is 5.32 Å². The molecule has 0 bridgehead atoms. The van der Waals surface area contributed by atoms with Crippen LogP contribution in [0.5, 0.6) is 0 Å². The van der Waals surface area contributed by atoms with Crippen LogP contribution in [0, 0.1) is 0 Å². The molecule has 1 aromatic carbocycles. The van der Waals surface area contributed by atoms with Crippen molar-refractivity contribution in [2.24, 2.45) is 0 Å². The van der Waals surface area contributed by atoms with Gasteiger partial charge in [0.1, 0.15) is 0 Å². The van der Waals surface area contributed by atoms with Gasteiger partial charge in [-0.15, -0.1) is 0 Å². The smallest absolute Gasteiger partial charge is 0.0978 e. The van der Waals surface area contributed by atoms with Gasteiger partial charge in [-0.3, -0.25) is 4.98 Å². The highest BCUT2D eigenvalue weighted by molar-refractivity contribution is 5.18. The van der Waals surface area contributed by atoms with Gasteiger partial charge < -0.3 is 14.8 Å². The highest BCUT2D eigenvalue weighted by Crippen LogP contribution is 2.28. The quantitative estimate of drug-likeness (QED) is 0.849. The number of aromatic nitrogens is 1. The molecule has 1 saturated heterocycles. The van der Waals surface area contributed by atoms with E-state index in [1.165, 1.54) is 11.1 Å². The molecule has 0 amide bonds. The van der Waals surface area contributed by atoms with Crippen molar-refractivity contribution in [1.29, 1.82) is 0 Å². The van der Waals surface area contributed by atoms with Crippen molar-refractivity contribution in [2.75, 3.05) is 20.3 Å². The van der Waals surface area contributed by atoms with Crippen LogP contribution in [-0.4, -0.2) is 37.4 Å². The van der Waals surface area contributed by atoms with Gasteiger partial charge in [0.15, 0.2) is 0 Å². The Morgan fingerprint density at radius 2 is 2.00 bits per heavy atom. The van der Waals surface area contributed by atoms with Crippen LogP contribution in [0.1, 0.15) is 30.1 Å². The number of methoxy groups -OCH3 is 1. The number of hydrogen-bond acceptors (Lipinski definition) is 4. The lowest BCUT2D eigenvalue weighted by Gasteiger charge is -2.35. The van der Waals surface area contributed by atoms with Gasteiger partial charge in [-0.1, -0.05) is 30.3 Å². The average Bonchev–Trinajstić information content (AvgIpc) is 2.64. The van der Waals surface area contributed by atoms with Crippen LogP contribution in [0.3, 0.4) is 0 Å². The van der Waals surface area contributed by atoms with Crippen LogP contribution in [0.25, 0.3) is 0 Å². The lowest BCUT2D eigenvalue weighted by molar-refractivity contribution is -0.0168. The van der Waals surface area contributed by atoms with Crippen LogP contribution in [0.15, 0.2) is 54.9 Å². The minimum absolute atomic E-state index is 0.0804. The minimum atomic E-state index is 0.0804. The second-order valence-electron chi connectivity index (χ2n) is 6.33. The Kier molecular flexibility index (Phi) is 6.35. The fourth-order valence-corrected chi connectivity index (χ4v) is 3.40. The summed E-state index contributed by atoms with van der Waals surface area (Å²) >= 11 is 0. The van der Waals surface area contributed by atoms with E-state index in [0.29, 0.717) is 12.6 Å². The SMILES string of the molecule is COCC(Cc1ccccc1)N[C@H]1CCCO[C@@H]1c1ccncc1. The summed E-state index contributed by atoms with van der Waals surface area (Å²) < 4.78 is 11.5. The Bertz CT molecular complexity index is 591. The maximum Gasteiger partial charge on any atom is 0.0978 e. The zero-order valence-electron chi connectivity index (χ0n) is 14.2. The van der Waals surface area contributed by atoms with Gasteiger partial charge >= 0.3 is 0 Å². The van der Waals surface area contributed by atoms with E-state index in [1.54, 1.807) is 7.11 Å². The van der Waals surface area contributed by atoms with Crippen molar-refractivity contribution in [2.45, 2.75) is 37.5 Å². The van der Waals surface area contributed by atoms with Gasteiger partial charge in [0, 0.05) is 38.2 Å². The van der Waals surface area contributed by atoms with Crippen molar-refractivity contribution in [3.8, 4) is 0 Å². The largest absolute Gasteiger partial charge is 0.383 e. The molecule has 1 aliphatic rings. The standard InChI is InChI=1S/C20H26N2O2/c1-23-15-18(14-16-6-3-2-4-7-16)22-19-8-5-13-24-20(19)17-9-11-21-12-10-17/h2-4,6-7,9-12,18-20,22H,5,8,13-15H2,1H3/t18?,19-,20+/m0/s1. The molecule has 4 nitrogen and oxygen atoms in total. The third kappa shape index (κ3) is 4.63. The third-order valence-corrected chi connectivity index (χ3v) is 4.50. The lowest BCUT2D eigenvalue weighted by Crippen LogP contribution is -2.47. The first-order chi connectivity index (χ1) is 11.9. The molecule has 2 aromatic rings. The molecule has 2 heterocycles. The van der Waals surface area contributed by atoms with Gasteiger partial charge in [-0.25, -0.2) is 0 Å². The fourth-order valence-electron chi connectivity index (χ4n) is 3.40. The highest BCUT2D eigenvalue weighted by atomic mass is 16.5. The summed E-state index contributed by atoms with van der Waals surface area (Å²) in [6, 6.07) is 15.2. The summed E-state index contributed by atoms with van der Waals surface area (Å²) in [7, 11) is 1.76. The number of nitrogens with one attached hydrogen (secondary N) is 1. The van der Waals surface area contributed by atoms with E-state index in [9.17, 15) is 0 Å². The molecule has 1 aliphatic heterocycles. The molecule has 1 fully saturated rings. The summed E-state index contributed by atoms with van der Waals surface area (Å²) in [6.07, 6.45) is 6.90. The van der Waals surface area contributed by atoms with Crippen molar-refractivity contribution in [3.63, 3.8) is 0 Å². The second kappa shape index (κ2) is 8.92. The summed E-state index contributed by atoms with van der Waals surface area (Å²) in [5.74, 6) is 0. The number of pyridine rings is 1. The molecule has 3 rings (SSSR count). The molecule has 0 radical (unpaired) electrons. The fraction of sp³-hybridized carbons (Fsp3) is 0.450. The molecular weight excluding hydrogens is 300 g/mol. The van der Waals surface area contributed by atoms with Gasteiger partial charge in [-0.2, -0.15) is 0 Å². The second-order valence-corrected chi connectivity index (χ2v) is 6.33. The predicted molar refractivity (Wildman–Crippen MR) is 94.9 cm³/mol. The Hall–Kier alpha value is -1.75. The molecule has 3 atom stereocenters. The first-order valence-electron chi connectivity index (χ1n) is 8.67. The molecule has 0 spiro atoms. The zero-order chi connectivity index (χ0) is 16.6. The van der Waals surface area contributed by atoms with Crippen molar-refractivity contribution >= 4 is 0 Å². The van der Waals surface area contributed by atoms with Crippen LogP contribution >= 0.6 is 0 Å². The maximum atomic E-state index is 6.07. The van der Waals surface area contributed by atoms with E-state index in [-0.39, 0.29) is 12.1 Å². The first kappa shape index (κ1) is 17.1. The number of rotatable bonds is 7. The van der Waals surface area contributed by atoms with Crippen LogP contribution in [-0.2, 0) is 15.9 Å². The van der Waals surface area contributed by atoms with E-state index in [1.807, 2.05) is 24.5 Å². The minimum Gasteiger partial charge on any atom is -0.383 e. The molecule has 4 heteroatoms. The third-order valence-electron chi connectivity index (χ3n) is 4.50. The van der Waals surface area contributed by atoms with E-state index in [4.69, 9.17) is 9.47 Å². The van der Waals surface area contributed by atoms with Gasteiger partial charge in [0.05, 0.1) is 12.7 Å². The van der Waals surface area contributed by atoms with E-state index in [2.05, 4.69) is 40.6 Å². The molecule has 0 aliphatic carbocycles. The Balaban J connectivity index is 1.69. The summed E-state index contributed by atoms with van der Waals surface area (Å²) in [6.45, 7) is 1.51. The van der Waals surface area contributed by atoms with E-state index in [0.717, 1.165) is 25.9 Å². The van der Waals surface area contributed by atoms with Crippen molar-refractivity contribution < 1.29 is 9.47 Å². The summed E-state index contributed by atoms with van der Waals surface area (Å²) in [5.41, 5.74) is 2.52. The predicted octanol–water partition coefficient (Wildman–Crippen LogP) is 3.15. The molecular formula is C20H26N2O2. The van der Waals surface area contributed by atoms with Crippen molar-refractivity contribution in [3.05, 3.63) is 66.0 Å². The Morgan fingerprint density at radius 3 is 2.75 bits per heavy atom. The first-order valence-corrected chi connectivity index (χ1v) is 8.67. The molecule has 24 heavy (non-hydrogen) atoms. The van der Waals surface area contributed by atoms with Crippen molar-refractivity contribution in [1.82, 2.24) is 10.3 Å². The average molecular weight is 326 g/mol. The van der Waals surface area contributed by atoms with E-state index >= 15 is 0 Å². The molecule has 1 aromatic heterocycles. The molecule has 1 unspecified atom stereocenters. The molecule has 1 N–H and O–H groups in total. The zero-order valence-corrected chi connectivity index (χ0v) is 14.2. The van der Waals surface area contributed by atoms with Crippen LogP contribution in [0.4, 0.5) is 0 Å².